The highest BCUT2D eigenvalue weighted by Gasteiger charge is 2.16. The van der Waals surface area contributed by atoms with E-state index in [1.807, 2.05) is 55.5 Å². The zero-order valence-corrected chi connectivity index (χ0v) is 19.8. The number of aromatic nitrogens is 4. The summed E-state index contributed by atoms with van der Waals surface area (Å²) in [5.41, 5.74) is 4.20. The number of methoxy groups -OCH3 is 1. The summed E-state index contributed by atoms with van der Waals surface area (Å²) < 4.78 is 6.98. The Morgan fingerprint density at radius 2 is 1.88 bits per heavy atom. The summed E-state index contributed by atoms with van der Waals surface area (Å²) in [5, 5.41) is 20.0. The molecule has 2 aromatic carbocycles. The predicted molar refractivity (Wildman–Crippen MR) is 130 cm³/mol. The number of thioether (sulfide) groups is 1. The van der Waals surface area contributed by atoms with Crippen molar-refractivity contribution in [2.45, 2.75) is 31.8 Å². The average Bonchev–Trinajstić information content (AvgIpc) is 3.19. The minimum absolute atomic E-state index is 0.146. The first-order chi connectivity index (χ1) is 15.9. The van der Waals surface area contributed by atoms with Crippen molar-refractivity contribution in [1.29, 1.82) is 5.41 Å². The molecule has 1 amide bonds. The Hall–Kier alpha value is -3.59. The molecule has 0 aliphatic rings. The van der Waals surface area contributed by atoms with Crippen LogP contribution in [-0.4, -0.2) is 38.5 Å². The van der Waals surface area contributed by atoms with Crippen molar-refractivity contribution in [2.24, 2.45) is 0 Å². The van der Waals surface area contributed by atoms with Crippen LogP contribution in [0.1, 0.15) is 31.0 Å². The molecule has 4 aromatic rings. The summed E-state index contributed by atoms with van der Waals surface area (Å²) in [6, 6.07) is 15.2. The molecular formula is C24H26N6O2S. The van der Waals surface area contributed by atoms with Crippen LogP contribution in [0.3, 0.4) is 0 Å². The number of hydrogen-bond donors (Lipinski definition) is 3. The molecule has 2 aromatic heterocycles. The molecule has 0 spiro atoms. The van der Waals surface area contributed by atoms with E-state index in [0.29, 0.717) is 27.8 Å². The number of fused-ring (bicyclic) bond motifs is 1. The van der Waals surface area contributed by atoms with Gasteiger partial charge < -0.3 is 10.1 Å². The first-order valence-corrected chi connectivity index (χ1v) is 11.5. The van der Waals surface area contributed by atoms with Crippen molar-refractivity contribution in [3.05, 3.63) is 65.3 Å². The second kappa shape index (κ2) is 9.50. The van der Waals surface area contributed by atoms with E-state index in [9.17, 15) is 4.79 Å². The van der Waals surface area contributed by atoms with Gasteiger partial charge >= 0.3 is 0 Å². The number of nitrogens with zero attached hydrogens (tertiary/aromatic N) is 3. The van der Waals surface area contributed by atoms with Gasteiger partial charge in [-0.15, -0.1) is 0 Å². The maximum absolute atomic E-state index is 12.6. The summed E-state index contributed by atoms with van der Waals surface area (Å²) >= 11 is 1.27. The number of carbonyl (C=O) groups is 1. The van der Waals surface area contributed by atoms with Crippen LogP contribution in [0.4, 0.5) is 5.69 Å². The van der Waals surface area contributed by atoms with Gasteiger partial charge in [0.15, 0.2) is 10.8 Å². The molecule has 0 atom stereocenters. The van der Waals surface area contributed by atoms with Gasteiger partial charge in [-0.1, -0.05) is 37.7 Å². The number of aryl methyl sites for hydroxylation is 1. The summed E-state index contributed by atoms with van der Waals surface area (Å²) in [6.45, 7) is 6.10. The van der Waals surface area contributed by atoms with Gasteiger partial charge in [-0.25, -0.2) is 4.98 Å². The number of rotatable bonds is 7. The zero-order valence-electron chi connectivity index (χ0n) is 19.0. The van der Waals surface area contributed by atoms with E-state index in [1.165, 1.54) is 17.3 Å². The highest BCUT2D eigenvalue weighted by Crippen LogP contribution is 2.23. The monoisotopic (exact) mass is 462 g/mol. The van der Waals surface area contributed by atoms with Crippen LogP contribution in [0.5, 0.6) is 5.75 Å². The Morgan fingerprint density at radius 1 is 1.18 bits per heavy atom. The van der Waals surface area contributed by atoms with Gasteiger partial charge in [0, 0.05) is 11.4 Å². The van der Waals surface area contributed by atoms with Crippen molar-refractivity contribution < 1.29 is 9.53 Å². The molecule has 0 unspecified atom stereocenters. The van der Waals surface area contributed by atoms with E-state index >= 15 is 0 Å². The van der Waals surface area contributed by atoms with E-state index in [4.69, 9.17) is 10.1 Å². The van der Waals surface area contributed by atoms with Crippen molar-refractivity contribution in [2.75, 3.05) is 18.2 Å². The van der Waals surface area contributed by atoms with Crippen LogP contribution in [0.2, 0.25) is 0 Å². The van der Waals surface area contributed by atoms with Crippen molar-refractivity contribution in [1.82, 2.24) is 19.7 Å². The maximum atomic E-state index is 12.6. The number of hydrogen-bond acceptors (Lipinski definition) is 6. The van der Waals surface area contributed by atoms with Gasteiger partial charge in [0.1, 0.15) is 11.2 Å². The molecule has 0 bridgehead atoms. The molecule has 0 radical (unpaired) electrons. The number of H-pyrrole nitrogens is 1. The molecule has 170 valence electrons. The second-order valence-electron chi connectivity index (χ2n) is 7.92. The van der Waals surface area contributed by atoms with Gasteiger partial charge in [-0.05, 0) is 54.8 Å². The van der Waals surface area contributed by atoms with Crippen molar-refractivity contribution in [3.63, 3.8) is 0 Å². The van der Waals surface area contributed by atoms with Gasteiger partial charge in [-0.2, -0.15) is 5.10 Å². The lowest BCUT2D eigenvalue weighted by atomic mass is 10.0. The van der Waals surface area contributed by atoms with E-state index < -0.39 is 0 Å². The van der Waals surface area contributed by atoms with E-state index in [1.54, 1.807) is 11.7 Å². The minimum atomic E-state index is -0.146. The number of nitrogens with one attached hydrogen (secondary N) is 3. The Morgan fingerprint density at radius 3 is 2.52 bits per heavy atom. The molecule has 0 saturated heterocycles. The molecule has 2 heterocycles. The summed E-state index contributed by atoms with van der Waals surface area (Å²) in [6.07, 6.45) is 0. The molecule has 9 heteroatoms. The fourth-order valence-electron chi connectivity index (χ4n) is 3.48. The molecule has 0 saturated carbocycles. The van der Waals surface area contributed by atoms with Gasteiger partial charge in [0.2, 0.25) is 5.91 Å². The largest absolute Gasteiger partial charge is 0.497 e. The summed E-state index contributed by atoms with van der Waals surface area (Å²) in [7, 11) is 1.61. The number of benzene rings is 2. The van der Waals surface area contributed by atoms with Crippen LogP contribution >= 0.6 is 11.8 Å². The fraction of sp³-hybridized carbons (Fsp3) is 0.250. The molecule has 33 heavy (non-hydrogen) atoms. The quantitative estimate of drug-likeness (QED) is 0.279. The fourth-order valence-corrected chi connectivity index (χ4v) is 4.30. The van der Waals surface area contributed by atoms with Crippen LogP contribution in [-0.2, 0) is 4.79 Å². The van der Waals surface area contributed by atoms with Crippen LogP contribution in [0.15, 0.2) is 53.7 Å². The van der Waals surface area contributed by atoms with Gasteiger partial charge in [0.25, 0.3) is 0 Å². The predicted octanol–water partition coefficient (Wildman–Crippen LogP) is 4.40. The van der Waals surface area contributed by atoms with Gasteiger partial charge in [0.05, 0.1) is 23.9 Å². The van der Waals surface area contributed by atoms with Crippen LogP contribution in [0, 0.1) is 12.3 Å². The lowest BCUT2D eigenvalue weighted by Gasteiger charge is -2.14. The first-order valence-electron chi connectivity index (χ1n) is 10.6. The van der Waals surface area contributed by atoms with E-state index in [2.05, 4.69) is 34.3 Å². The van der Waals surface area contributed by atoms with Crippen molar-refractivity contribution in [3.8, 4) is 11.4 Å². The topological polar surface area (TPSA) is 109 Å². The standard InChI is InChI=1S/C24H26N6O2S/c1-14(2)16-5-7-17(8-6-16)26-20(31)13-33-24-27-23-21(15(3)28-29-23)22(25)30(24)18-9-11-19(32-4)12-10-18/h5-12,14,25H,13H2,1-4H3,(H,26,31)(H,28,29). The third-order valence-corrected chi connectivity index (χ3v) is 6.25. The molecule has 8 nitrogen and oxygen atoms in total. The van der Waals surface area contributed by atoms with Crippen LogP contribution in [0.25, 0.3) is 16.7 Å². The van der Waals surface area contributed by atoms with E-state index in [-0.39, 0.29) is 17.1 Å². The third-order valence-electron chi connectivity index (χ3n) is 5.31. The Labute approximate surface area is 195 Å². The molecule has 0 fully saturated rings. The molecule has 4 rings (SSSR count). The van der Waals surface area contributed by atoms with E-state index in [0.717, 1.165) is 17.1 Å². The Kier molecular flexibility index (Phi) is 6.50. The second-order valence-corrected chi connectivity index (χ2v) is 8.87. The lowest BCUT2D eigenvalue weighted by molar-refractivity contribution is -0.113. The number of ether oxygens (including phenoxy) is 1. The maximum Gasteiger partial charge on any atom is 0.234 e. The number of aromatic amines is 1. The van der Waals surface area contributed by atoms with Gasteiger partial charge in [-0.3, -0.25) is 19.9 Å². The summed E-state index contributed by atoms with van der Waals surface area (Å²) in [4.78, 5) is 17.3. The molecule has 0 aliphatic carbocycles. The first kappa shape index (κ1) is 22.6. The highest BCUT2D eigenvalue weighted by molar-refractivity contribution is 7.99. The molecule has 0 aliphatic heterocycles. The lowest BCUT2D eigenvalue weighted by Crippen LogP contribution is -2.23. The Bertz CT molecular complexity index is 1340. The number of anilines is 1. The van der Waals surface area contributed by atoms with Crippen LogP contribution < -0.4 is 15.5 Å². The molecule has 3 N–H and O–H groups in total. The highest BCUT2D eigenvalue weighted by atomic mass is 32.2. The summed E-state index contributed by atoms with van der Waals surface area (Å²) in [5.74, 6) is 1.15. The molecular weight excluding hydrogens is 436 g/mol. The number of carbonyl (C=O) groups excluding carboxylic acids is 1. The normalized spacial score (nSPS) is 11.2. The average molecular weight is 463 g/mol. The Balaban J connectivity index is 1.61. The number of amides is 1. The SMILES string of the molecule is COc1ccc(-n2c(SCC(=O)Nc3ccc(C(C)C)cc3)nc3[nH]nc(C)c3c2=N)cc1. The third kappa shape index (κ3) is 4.78. The minimum Gasteiger partial charge on any atom is -0.497 e. The zero-order chi connectivity index (χ0) is 23.5. The van der Waals surface area contributed by atoms with Crippen molar-refractivity contribution >= 4 is 34.4 Å². The smallest absolute Gasteiger partial charge is 0.234 e.